The molecule has 0 atom stereocenters. The van der Waals surface area contributed by atoms with Gasteiger partial charge >= 0.3 is 0 Å². The van der Waals surface area contributed by atoms with E-state index in [1.807, 2.05) is 0 Å². The zero-order chi connectivity index (χ0) is 11.5. The summed E-state index contributed by atoms with van der Waals surface area (Å²) in [5.74, 6) is 0.676. The van der Waals surface area contributed by atoms with Crippen LogP contribution in [0.25, 0.3) is 0 Å². The summed E-state index contributed by atoms with van der Waals surface area (Å²) in [6, 6.07) is 0. The second kappa shape index (κ2) is 4.40. The quantitative estimate of drug-likeness (QED) is 0.858. The fourth-order valence-electron chi connectivity index (χ4n) is 1.28. The van der Waals surface area contributed by atoms with E-state index in [1.165, 1.54) is 0 Å². The maximum absolute atomic E-state index is 12.0. The van der Waals surface area contributed by atoms with Crippen LogP contribution in [0.5, 0.6) is 0 Å². The first-order valence-electron chi connectivity index (χ1n) is 4.71. The third kappa shape index (κ3) is 2.08. The second-order valence-electron chi connectivity index (χ2n) is 3.38. The molecule has 0 fully saturated rings. The van der Waals surface area contributed by atoms with E-state index in [1.54, 1.807) is 31.3 Å². The summed E-state index contributed by atoms with van der Waals surface area (Å²) in [4.78, 5) is 21.1. The first-order valence-corrected chi connectivity index (χ1v) is 5.48. The Bertz CT molecular complexity index is 478. The maximum Gasteiger partial charge on any atom is 0.267 e. The predicted molar refractivity (Wildman–Crippen MR) is 59.0 cm³/mol. The molecule has 1 N–H and O–H groups in total. The van der Waals surface area contributed by atoms with Crippen molar-refractivity contribution in [2.75, 3.05) is 7.05 Å². The van der Waals surface area contributed by atoms with Gasteiger partial charge in [-0.1, -0.05) is 4.49 Å². The Morgan fingerprint density at radius 2 is 2.44 bits per heavy atom. The summed E-state index contributed by atoms with van der Waals surface area (Å²) in [6.07, 6.45) is 3.39. The van der Waals surface area contributed by atoms with Crippen molar-refractivity contribution >= 4 is 17.4 Å². The normalized spacial score (nSPS) is 10.4. The van der Waals surface area contributed by atoms with Crippen LogP contribution in [0.4, 0.5) is 0 Å². The number of nitrogens with one attached hydrogen (secondary N) is 1. The summed E-state index contributed by atoms with van der Waals surface area (Å²) >= 11 is 1.12. The van der Waals surface area contributed by atoms with Crippen LogP contribution in [0.3, 0.4) is 0 Å². The first kappa shape index (κ1) is 10.7. The highest BCUT2D eigenvalue weighted by Gasteiger charge is 2.18. The number of nitrogens with zero attached hydrogens (tertiary/aromatic N) is 4. The van der Waals surface area contributed by atoms with Gasteiger partial charge in [0.1, 0.15) is 10.7 Å². The molecule has 0 aromatic carbocycles. The van der Waals surface area contributed by atoms with Crippen LogP contribution in [-0.4, -0.2) is 37.4 Å². The standard InChI is InChI=1S/C9H11N5OS/c1-6-8(16-13-12-6)9(15)14(2)5-7-10-3-4-11-7/h3-4H,5H2,1-2H3,(H,10,11). The average Bonchev–Trinajstić information content (AvgIpc) is 2.88. The minimum absolute atomic E-state index is 0.0797. The van der Waals surface area contributed by atoms with Crippen LogP contribution in [0.1, 0.15) is 21.2 Å². The summed E-state index contributed by atoms with van der Waals surface area (Å²) < 4.78 is 3.74. The van der Waals surface area contributed by atoms with E-state index in [-0.39, 0.29) is 5.91 Å². The van der Waals surface area contributed by atoms with Gasteiger partial charge < -0.3 is 9.88 Å². The van der Waals surface area contributed by atoms with Gasteiger partial charge in [0.05, 0.1) is 12.2 Å². The molecule has 0 aliphatic carbocycles. The van der Waals surface area contributed by atoms with Gasteiger partial charge in [0.15, 0.2) is 0 Å². The highest BCUT2D eigenvalue weighted by molar-refractivity contribution is 7.07. The molecule has 0 bridgehead atoms. The van der Waals surface area contributed by atoms with E-state index in [9.17, 15) is 4.79 Å². The summed E-state index contributed by atoms with van der Waals surface area (Å²) in [6.45, 7) is 2.22. The molecule has 6 nitrogen and oxygen atoms in total. The molecule has 16 heavy (non-hydrogen) atoms. The van der Waals surface area contributed by atoms with Gasteiger partial charge in [-0.3, -0.25) is 4.79 Å². The van der Waals surface area contributed by atoms with Crippen molar-refractivity contribution in [1.82, 2.24) is 24.5 Å². The van der Waals surface area contributed by atoms with Gasteiger partial charge in [-0.25, -0.2) is 4.98 Å². The number of aromatic amines is 1. The van der Waals surface area contributed by atoms with Crippen molar-refractivity contribution in [1.29, 1.82) is 0 Å². The Kier molecular flexibility index (Phi) is 2.95. The molecule has 0 aliphatic heterocycles. The minimum atomic E-state index is -0.0797. The van der Waals surface area contributed by atoms with Gasteiger partial charge in [-0.05, 0) is 18.5 Å². The molecule has 2 heterocycles. The van der Waals surface area contributed by atoms with E-state index in [2.05, 4.69) is 19.6 Å². The molecule has 0 spiro atoms. The Balaban J connectivity index is 2.08. The van der Waals surface area contributed by atoms with Gasteiger partial charge in [0.2, 0.25) is 0 Å². The number of rotatable bonds is 3. The van der Waals surface area contributed by atoms with E-state index in [4.69, 9.17) is 0 Å². The molecule has 7 heteroatoms. The van der Waals surface area contributed by atoms with Crippen LogP contribution < -0.4 is 0 Å². The largest absolute Gasteiger partial charge is 0.347 e. The summed E-state index contributed by atoms with van der Waals surface area (Å²) in [5.41, 5.74) is 0.668. The van der Waals surface area contributed by atoms with Gasteiger partial charge in [-0.2, -0.15) is 0 Å². The highest BCUT2D eigenvalue weighted by atomic mass is 32.1. The van der Waals surface area contributed by atoms with Crippen molar-refractivity contribution in [2.24, 2.45) is 0 Å². The average molecular weight is 237 g/mol. The molecular formula is C9H11N5OS. The Morgan fingerprint density at radius 1 is 1.62 bits per heavy atom. The van der Waals surface area contributed by atoms with Crippen LogP contribution in [0, 0.1) is 6.92 Å². The van der Waals surface area contributed by atoms with Crippen LogP contribution >= 0.6 is 11.5 Å². The van der Waals surface area contributed by atoms with Gasteiger partial charge in [0, 0.05) is 19.4 Å². The molecule has 2 aromatic heterocycles. The molecule has 0 saturated carbocycles. The fraction of sp³-hybridized carbons (Fsp3) is 0.333. The fourth-order valence-corrected chi connectivity index (χ4v) is 1.93. The minimum Gasteiger partial charge on any atom is -0.347 e. The number of carbonyl (C=O) groups is 1. The van der Waals surface area contributed by atoms with Crippen molar-refractivity contribution in [3.63, 3.8) is 0 Å². The second-order valence-corrected chi connectivity index (χ2v) is 4.14. The number of amides is 1. The topological polar surface area (TPSA) is 74.8 Å². The van der Waals surface area contributed by atoms with Crippen LogP contribution in [0.2, 0.25) is 0 Å². The Morgan fingerprint density at radius 3 is 3.00 bits per heavy atom. The van der Waals surface area contributed by atoms with Crippen molar-refractivity contribution in [3.05, 3.63) is 28.8 Å². The number of aromatic nitrogens is 4. The van der Waals surface area contributed by atoms with E-state index >= 15 is 0 Å². The lowest BCUT2D eigenvalue weighted by Gasteiger charge is -2.14. The molecule has 84 valence electrons. The number of aryl methyl sites for hydroxylation is 1. The molecule has 0 saturated heterocycles. The van der Waals surface area contributed by atoms with Crippen LogP contribution in [-0.2, 0) is 6.54 Å². The number of carbonyl (C=O) groups excluding carboxylic acids is 1. The number of hydrogen-bond donors (Lipinski definition) is 1. The zero-order valence-electron chi connectivity index (χ0n) is 8.97. The Hall–Kier alpha value is -1.76. The molecule has 2 rings (SSSR count). The lowest BCUT2D eigenvalue weighted by atomic mass is 10.3. The first-order chi connectivity index (χ1) is 7.68. The van der Waals surface area contributed by atoms with Crippen molar-refractivity contribution < 1.29 is 4.79 Å². The number of H-pyrrole nitrogens is 1. The smallest absolute Gasteiger partial charge is 0.267 e. The predicted octanol–water partition coefficient (Wildman–Crippen LogP) is 0.842. The molecule has 0 radical (unpaired) electrons. The molecular weight excluding hydrogens is 226 g/mol. The van der Waals surface area contributed by atoms with Gasteiger partial charge in [0.25, 0.3) is 5.91 Å². The van der Waals surface area contributed by atoms with E-state index in [0.717, 1.165) is 17.4 Å². The summed E-state index contributed by atoms with van der Waals surface area (Å²) in [5, 5.41) is 3.81. The van der Waals surface area contributed by atoms with E-state index in [0.29, 0.717) is 17.1 Å². The molecule has 0 aliphatic rings. The maximum atomic E-state index is 12.0. The van der Waals surface area contributed by atoms with Gasteiger partial charge in [-0.15, -0.1) is 5.10 Å². The van der Waals surface area contributed by atoms with Crippen molar-refractivity contribution in [3.8, 4) is 0 Å². The number of imidazole rings is 1. The third-order valence-corrected chi connectivity index (χ3v) is 2.95. The van der Waals surface area contributed by atoms with Crippen LogP contribution in [0.15, 0.2) is 12.4 Å². The number of hydrogen-bond acceptors (Lipinski definition) is 5. The lowest BCUT2D eigenvalue weighted by molar-refractivity contribution is 0.0785. The Labute approximate surface area is 96.5 Å². The third-order valence-electron chi connectivity index (χ3n) is 2.13. The molecule has 2 aromatic rings. The molecule has 1 amide bonds. The van der Waals surface area contributed by atoms with Crippen molar-refractivity contribution in [2.45, 2.75) is 13.5 Å². The monoisotopic (exact) mass is 237 g/mol. The SMILES string of the molecule is Cc1nnsc1C(=O)N(C)Cc1ncc[nH]1. The zero-order valence-corrected chi connectivity index (χ0v) is 9.78. The summed E-state index contributed by atoms with van der Waals surface area (Å²) in [7, 11) is 1.73. The van der Waals surface area contributed by atoms with E-state index < -0.39 is 0 Å². The lowest BCUT2D eigenvalue weighted by Crippen LogP contribution is -2.26. The highest BCUT2D eigenvalue weighted by Crippen LogP contribution is 2.12. The molecule has 0 unspecified atom stereocenters.